The fourth-order valence-corrected chi connectivity index (χ4v) is 1.69. The molecule has 0 atom stereocenters. The van der Waals surface area contributed by atoms with Crippen molar-refractivity contribution in [3.05, 3.63) is 11.6 Å². The highest BCUT2D eigenvalue weighted by atomic mass is 35.5. The molecule has 1 aromatic heterocycles. The summed E-state index contributed by atoms with van der Waals surface area (Å²) in [7, 11) is 3.36. The summed E-state index contributed by atoms with van der Waals surface area (Å²) in [5.41, 5.74) is -0.262. The van der Waals surface area contributed by atoms with Crippen LogP contribution in [0.2, 0.25) is 0 Å². The van der Waals surface area contributed by atoms with Crippen molar-refractivity contribution in [2.45, 2.75) is 38.3 Å². The first-order chi connectivity index (χ1) is 8.04. The molecular weight excluding hydrogens is 242 g/mol. The van der Waals surface area contributed by atoms with E-state index in [1.165, 1.54) is 0 Å². The maximum Gasteiger partial charge on any atom is 0.148 e. The van der Waals surface area contributed by atoms with E-state index >= 15 is 0 Å². The Labute approximate surface area is 107 Å². The van der Waals surface area contributed by atoms with Gasteiger partial charge in [0, 0.05) is 27.2 Å². The predicted octanol–water partition coefficient (Wildman–Crippen LogP) is 1.63. The standard InChI is InChI=1S/C11H20ClN3O2/c1-11(2,17-4)7-9-13-14-10(8-12)15(9)5-6-16-3/h5-8H2,1-4H3. The SMILES string of the molecule is COCCn1c(CCl)nnc1CC(C)(C)OC. The van der Waals surface area contributed by atoms with Crippen molar-refractivity contribution in [1.29, 1.82) is 0 Å². The Morgan fingerprint density at radius 1 is 1.24 bits per heavy atom. The van der Waals surface area contributed by atoms with Gasteiger partial charge in [-0.25, -0.2) is 0 Å². The molecule has 17 heavy (non-hydrogen) atoms. The number of aromatic nitrogens is 3. The van der Waals surface area contributed by atoms with E-state index in [0.717, 1.165) is 11.6 Å². The summed E-state index contributed by atoms with van der Waals surface area (Å²) in [6.07, 6.45) is 0.692. The number of ether oxygens (including phenoxy) is 2. The minimum absolute atomic E-state index is 0.262. The van der Waals surface area contributed by atoms with Crippen LogP contribution in [0.4, 0.5) is 0 Å². The summed E-state index contributed by atoms with van der Waals surface area (Å²) in [6.45, 7) is 5.36. The number of nitrogens with zero attached hydrogens (tertiary/aromatic N) is 3. The van der Waals surface area contributed by atoms with Gasteiger partial charge in [-0.3, -0.25) is 0 Å². The summed E-state index contributed by atoms with van der Waals surface area (Å²) < 4.78 is 12.5. The van der Waals surface area contributed by atoms with Crippen LogP contribution in [0.5, 0.6) is 0 Å². The summed E-state index contributed by atoms with van der Waals surface area (Å²) in [4.78, 5) is 0. The number of hydrogen-bond donors (Lipinski definition) is 0. The molecule has 0 amide bonds. The van der Waals surface area contributed by atoms with Gasteiger partial charge in [0.05, 0.1) is 18.1 Å². The second-order valence-electron chi connectivity index (χ2n) is 4.45. The first-order valence-electron chi connectivity index (χ1n) is 5.55. The molecule has 0 spiro atoms. The van der Waals surface area contributed by atoms with Gasteiger partial charge in [0.1, 0.15) is 11.6 Å². The lowest BCUT2D eigenvalue weighted by Crippen LogP contribution is -2.28. The van der Waals surface area contributed by atoms with Gasteiger partial charge in [-0.2, -0.15) is 0 Å². The molecular formula is C11H20ClN3O2. The molecule has 98 valence electrons. The summed E-state index contributed by atoms with van der Waals surface area (Å²) in [5.74, 6) is 2.00. The highest BCUT2D eigenvalue weighted by Gasteiger charge is 2.22. The molecule has 1 aromatic rings. The molecule has 6 heteroatoms. The third-order valence-electron chi connectivity index (χ3n) is 2.68. The van der Waals surface area contributed by atoms with Gasteiger partial charge < -0.3 is 14.0 Å². The summed E-state index contributed by atoms with van der Waals surface area (Å²) in [6, 6.07) is 0. The molecule has 0 saturated heterocycles. The number of halogens is 1. The minimum Gasteiger partial charge on any atom is -0.383 e. The van der Waals surface area contributed by atoms with Crippen LogP contribution in [0.25, 0.3) is 0 Å². The molecule has 0 aliphatic heterocycles. The molecule has 0 bridgehead atoms. The van der Waals surface area contributed by atoms with Crippen LogP contribution in [0.15, 0.2) is 0 Å². The van der Waals surface area contributed by atoms with Gasteiger partial charge in [0.2, 0.25) is 0 Å². The van der Waals surface area contributed by atoms with E-state index in [4.69, 9.17) is 21.1 Å². The van der Waals surface area contributed by atoms with E-state index in [9.17, 15) is 0 Å². The van der Waals surface area contributed by atoms with Crippen molar-refractivity contribution in [3.63, 3.8) is 0 Å². The van der Waals surface area contributed by atoms with E-state index in [-0.39, 0.29) is 5.60 Å². The second kappa shape index (κ2) is 6.33. The molecule has 5 nitrogen and oxygen atoms in total. The predicted molar refractivity (Wildman–Crippen MR) is 66.2 cm³/mol. The lowest BCUT2D eigenvalue weighted by molar-refractivity contribution is 0.0206. The number of rotatable bonds is 7. The van der Waals surface area contributed by atoms with Crippen molar-refractivity contribution in [3.8, 4) is 0 Å². The van der Waals surface area contributed by atoms with Gasteiger partial charge in [-0.05, 0) is 13.8 Å². The summed E-state index contributed by atoms with van der Waals surface area (Å²) >= 11 is 5.83. The average molecular weight is 262 g/mol. The van der Waals surface area contributed by atoms with Gasteiger partial charge in [-0.15, -0.1) is 21.8 Å². The van der Waals surface area contributed by atoms with Crippen molar-refractivity contribution in [1.82, 2.24) is 14.8 Å². The van der Waals surface area contributed by atoms with E-state index in [0.29, 0.717) is 25.5 Å². The fourth-order valence-electron chi connectivity index (χ4n) is 1.50. The van der Waals surface area contributed by atoms with Crippen LogP contribution in [0, 0.1) is 0 Å². The highest BCUT2D eigenvalue weighted by molar-refractivity contribution is 6.16. The zero-order chi connectivity index (χ0) is 12.9. The maximum atomic E-state index is 5.83. The Kier molecular flexibility index (Phi) is 5.36. The zero-order valence-electron chi connectivity index (χ0n) is 10.9. The first kappa shape index (κ1) is 14.4. The maximum absolute atomic E-state index is 5.83. The van der Waals surface area contributed by atoms with E-state index < -0.39 is 0 Å². The van der Waals surface area contributed by atoms with E-state index in [1.807, 2.05) is 18.4 Å². The molecule has 0 aliphatic rings. The topological polar surface area (TPSA) is 49.2 Å². The fraction of sp³-hybridized carbons (Fsp3) is 0.818. The normalized spacial score (nSPS) is 12.1. The van der Waals surface area contributed by atoms with Crippen LogP contribution in [0.3, 0.4) is 0 Å². The zero-order valence-corrected chi connectivity index (χ0v) is 11.6. The van der Waals surface area contributed by atoms with E-state index in [2.05, 4.69) is 10.2 Å². The molecule has 0 aromatic carbocycles. The quantitative estimate of drug-likeness (QED) is 0.700. The molecule has 1 rings (SSSR count). The third kappa shape index (κ3) is 3.94. The van der Waals surface area contributed by atoms with E-state index in [1.54, 1.807) is 14.2 Å². The number of hydrogen-bond acceptors (Lipinski definition) is 4. The number of methoxy groups -OCH3 is 2. The van der Waals surface area contributed by atoms with Crippen LogP contribution in [0.1, 0.15) is 25.5 Å². The van der Waals surface area contributed by atoms with Crippen LogP contribution >= 0.6 is 11.6 Å². The van der Waals surface area contributed by atoms with Crippen molar-refractivity contribution in [2.24, 2.45) is 0 Å². The van der Waals surface area contributed by atoms with Gasteiger partial charge >= 0.3 is 0 Å². The Morgan fingerprint density at radius 2 is 1.88 bits per heavy atom. The minimum atomic E-state index is -0.262. The molecule has 0 unspecified atom stereocenters. The molecule has 1 heterocycles. The Bertz CT molecular complexity index is 352. The molecule has 0 saturated carbocycles. The lowest BCUT2D eigenvalue weighted by atomic mass is 10.1. The van der Waals surface area contributed by atoms with Crippen molar-refractivity contribution < 1.29 is 9.47 Å². The average Bonchev–Trinajstić information content (AvgIpc) is 2.68. The Morgan fingerprint density at radius 3 is 2.41 bits per heavy atom. The molecule has 0 fully saturated rings. The molecule has 0 N–H and O–H groups in total. The van der Waals surface area contributed by atoms with Crippen LogP contribution in [-0.2, 0) is 28.3 Å². The van der Waals surface area contributed by atoms with Crippen molar-refractivity contribution >= 4 is 11.6 Å². The molecule has 0 aliphatic carbocycles. The molecule has 0 radical (unpaired) electrons. The monoisotopic (exact) mass is 261 g/mol. The van der Waals surface area contributed by atoms with Gasteiger partial charge in [0.15, 0.2) is 0 Å². The highest BCUT2D eigenvalue weighted by Crippen LogP contribution is 2.16. The Balaban J connectivity index is 2.87. The third-order valence-corrected chi connectivity index (χ3v) is 2.92. The largest absolute Gasteiger partial charge is 0.383 e. The first-order valence-corrected chi connectivity index (χ1v) is 6.08. The van der Waals surface area contributed by atoms with Crippen LogP contribution in [-0.4, -0.2) is 41.2 Å². The second-order valence-corrected chi connectivity index (χ2v) is 4.72. The number of alkyl halides is 1. The van der Waals surface area contributed by atoms with Gasteiger partial charge in [0.25, 0.3) is 0 Å². The van der Waals surface area contributed by atoms with Crippen molar-refractivity contribution in [2.75, 3.05) is 20.8 Å². The Hall–Kier alpha value is -0.650. The summed E-state index contributed by atoms with van der Waals surface area (Å²) in [5, 5.41) is 8.24. The lowest BCUT2D eigenvalue weighted by Gasteiger charge is -2.22. The van der Waals surface area contributed by atoms with Crippen LogP contribution < -0.4 is 0 Å². The smallest absolute Gasteiger partial charge is 0.148 e. The van der Waals surface area contributed by atoms with Gasteiger partial charge in [-0.1, -0.05) is 0 Å².